The van der Waals surface area contributed by atoms with E-state index < -0.39 is 10.0 Å². The van der Waals surface area contributed by atoms with Crippen molar-refractivity contribution >= 4 is 15.7 Å². The van der Waals surface area contributed by atoms with Crippen LogP contribution < -0.4 is 5.73 Å². The van der Waals surface area contributed by atoms with Crippen molar-refractivity contribution in [3.8, 4) is 0 Å². The zero-order valence-electron chi connectivity index (χ0n) is 10.1. The SMILES string of the molecule is Cc1ccc(N)cc1S(=O)(=O)N(C)C(C)C. The summed E-state index contributed by atoms with van der Waals surface area (Å²) in [5, 5.41) is 0. The Morgan fingerprint density at radius 3 is 2.38 bits per heavy atom. The number of aryl methyl sites for hydroxylation is 1. The van der Waals surface area contributed by atoms with Crippen LogP contribution in [-0.2, 0) is 10.0 Å². The lowest BCUT2D eigenvalue weighted by atomic mass is 10.2. The summed E-state index contributed by atoms with van der Waals surface area (Å²) >= 11 is 0. The van der Waals surface area contributed by atoms with Gasteiger partial charge in [0.05, 0.1) is 4.90 Å². The molecule has 0 amide bonds. The van der Waals surface area contributed by atoms with Crippen molar-refractivity contribution in [3.05, 3.63) is 23.8 Å². The molecule has 0 fully saturated rings. The third kappa shape index (κ3) is 2.36. The lowest BCUT2D eigenvalue weighted by Gasteiger charge is -2.22. The smallest absolute Gasteiger partial charge is 0.243 e. The van der Waals surface area contributed by atoms with Crippen molar-refractivity contribution < 1.29 is 8.42 Å². The normalized spacial score (nSPS) is 12.4. The second-order valence-electron chi connectivity index (χ2n) is 4.14. The Kier molecular flexibility index (Phi) is 3.60. The minimum atomic E-state index is -3.44. The Morgan fingerprint density at radius 1 is 1.31 bits per heavy atom. The number of anilines is 1. The third-order valence-electron chi connectivity index (χ3n) is 2.60. The number of nitrogen functional groups attached to an aromatic ring is 1. The standard InChI is InChI=1S/C11H18N2O2S/c1-8(2)13(4)16(14,15)11-7-10(12)6-5-9(11)3/h5-8H,12H2,1-4H3. The molecule has 16 heavy (non-hydrogen) atoms. The molecule has 0 saturated heterocycles. The highest BCUT2D eigenvalue weighted by molar-refractivity contribution is 7.89. The van der Waals surface area contributed by atoms with Crippen LogP contribution in [0.1, 0.15) is 19.4 Å². The van der Waals surface area contributed by atoms with Crippen LogP contribution in [0.5, 0.6) is 0 Å². The van der Waals surface area contributed by atoms with Crippen molar-refractivity contribution in [2.45, 2.75) is 31.7 Å². The zero-order chi connectivity index (χ0) is 12.5. The molecule has 0 atom stereocenters. The number of nitrogens with two attached hydrogens (primary N) is 1. The predicted molar refractivity (Wildman–Crippen MR) is 65.7 cm³/mol. The maximum atomic E-state index is 12.2. The first-order valence-corrected chi connectivity index (χ1v) is 6.55. The Hall–Kier alpha value is -1.07. The fraction of sp³-hybridized carbons (Fsp3) is 0.455. The molecule has 0 unspecified atom stereocenters. The van der Waals surface area contributed by atoms with E-state index in [1.54, 1.807) is 26.1 Å². The van der Waals surface area contributed by atoms with E-state index in [2.05, 4.69) is 0 Å². The minimum Gasteiger partial charge on any atom is -0.399 e. The van der Waals surface area contributed by atoms with Crippen LogP contribution in [-0.4, -0.2) is 25.8 Å². The first-order chi connectivity index (χ1) is 7.26. The van der Waals surface area contributed by atoms with E-state index in [9.17, 15) is 8.42 Å². The molecule has 0 aliphatic rings. The Bertz CT molecular complexity index is 481. The molecular weight excluding hydrogens is 224 g/mol. The summed E-state index contributed by atoms with van der Waals surface area (Å²) in [7, 11) is -1.87. The number of rotatable bonds is 3. The Morgan fingerprint density at radius 2 is 1.88 bits per heavy atom. The molecule has 2 N–H and O–H groups in total. The summed E-state index contributed by atoms with van der Waals surface area (Å²) in [5.74, 6) is 0. The van der Waals surface area contributed by atoms with Gasteiger partial charge in [0, 0.05) is 18.8 Å². The monoisotopic (exact) mass is 242 g/mol. The van der Waals surface area contributed by atoms with Crippen molar-refractivity contribution in [1.29, 1.82) is 0 Å². The van der Waals surface area contributed by atoms with Crippen LogP contribution in [0, 0.1) is 6.92 Å². The molecule has 1 aromatic carbocycles. The summed E-state index contributed by atoms with van der Waals surface area (Å²) in [5.41, 5.74) is 6.79. The molecular formula is C11H18N2O2S. The topological polar surface area (TPSA) is 63.4 Å². The number of hydrogen-bond acceptors (Lipinski definition) is 3. The van der Waals surface area contributed by atoms with Gasteiger partial charge in [0.25, 0.3) is 0 Å². The van der Waals surface area contributed by atoms with Crippen molar-refractivity contribution in [2.75, 3.05) is 12.8 Å². The summed E-state index contributed by atoms with van der Waals surface area (Å²) < 4.78 is 25.8. The number of nitrogens with zero attached hydrogens (tertiary/aromatic N) is 1. The highest BCUT2D eigenvalue weighted by Crippen LogP contribution is 2.22. The van der Waals surface area contributed by atoms with Gasteiger partial charge in [-0.3, -0.25) is 0 Å². The Labute approximate surface area is 97.1 Å². The lowest BCUT2D eigenvalue weighted by molar-refractivity contribution is 0.410. The van der Waals surface area contributed by atoms with Gasteiger partial charge < -0.3 is 5.73 Å². The molecule has 1 rings (SSSR count). The van der Waals surface area contributed by atoms with Crippen molar-refractivity contribution in [2.24, 2.45) is 0 Å². The molecule has 0 aromatic heterocycles. The molecule has 0 aliphatic heterocycles. The molecule has 5 heteroatoms. The molecule has 0 heterocycles. The summed E-state index contributed by atoms with van der Waals surface area (Å²) in [6.45, 7) is 5.43. The average Bonchev–Trinajstić information content (AvgIpc) is 2.20. The molecule has 1 aromatic rings. The van der Waals surface area contributed by atoms with Gasteiger partial charge in [-0.15, -0.1) is 0 Å². The molecule has 0 radical (unpaired) electrons. The molecule has 90 valence electrons. The average molecular weight is 242 g/mol. The van der Waals surface area contributed by atoms with Gasteiger partial charge in [0.1, 0.15) is 0 Å². The van der Waals surface area contributed by atoms with Gasteiger partial charge in [-0.05, 0) is 38.5 Å². The quantitative estimate of drug-likeness (QED) is 0.819. The first-order valence-electron chi connectivity index (χ1n) is 5.11. The van der Waals surface area contributed by atoms with Crippen LogP contribution in [0.2, 0.25) is 0 Å². The first kappa shape index (κ1) is 13.0. The highest BCUT2D eigenvalue weighted by Gasteiger charge is 2.24. The van der Waals surface area contributed by atoms with E-state index >= 15 is 0 Å². The molecule has 4 nitrogen and oxygen atoms in total. The number of sulfonamides is 1. The highest BCUT2D eigenvalue weighted by atomic mass is 32.2. The van der Waals surface area contributed by atoms with E-state index in [0.717, 1.165) is 0 Å². The number of hydrogen-bond donors (Lipinski definition) is 1. The van der Waals surface area contributed by atoms with Gasteiger partial charge in [0.2, 0.25) is 10.0 Å². The minimum absolute atomic E-state index is 0.0779. The summed E-state index contributed by atoms with van der Waals surface area (Å²) in [6.07, 6.45) is 0. The fourth-order valence-electron chi connectivity index (χ4n) is 1.33. The van der Waals surface area contributed by atoms with E-state index in [0.29, 0.717) is 11.3 Å². The van der Waals surface area contributed by atoms with Gasteiger partial charge in [-0.25, -0.2) is 8.42 Å². The maximum absolute atomic E-state index is 12.2. The van der Waals surface area contributed by atoms with E-state index in [4.69, 9.17) is 5.73 Å². The summed E-state index contributed by atoms with van der Waals surface area (Å²) in [4.78, 5) is 0.281. The van der Waals surface area contributed by atoms with Crippen LogP contribution >= 0.6 is 0 Å². The maximum Gasteiger partial charge on any atom is 0.243 e. The predicted octanol–water partition coefficient (Wildman–Crippen LogP) is 1.61. The largest absolute Gasteiger partial charge is 0.399 e. The van der Waals surface area contributed by atoms with E-state index in [1.807, 2.05) is 13.8 Å². The molecule has 0 spiro atoms. The van der Waals surface area contributed by atoms with Crippen molar-refractivity contribution in [1.82, 2.24) is 4.31 Å². The van der Waals surface area contributed by atoms with Gasteiger partial charge in [-0.1, -0.05) is 6.07 Å². The van der Waals surface area contributed by atoms with Gasteiger partial charge in [0.15, 0.2) is 0 Å². The molecule has 0 saturated carbocycles. The second-order valence-corrected chi connectivity index (χ2v) is 6.11. The lowest BCUT2D eigenvalue weighted by Crippen LogP contribution is -2.33. The summed E-state index contributed by atoms with van der Waals surface area (Å²) in [6, 6.07) is 4.84. The van der Waals surface area contributed by atoms with Crippen LogP contribution in [0.3, 0.4) is 0 Å². The van der Waals surface area contributed by atoms with Crippen molar-refractivity contribution in [3.63, 3.8) is 0 Å². The zero-order valence-corrected chi connectivity index (χ0v) is 10.9. The fourth-order valence-corrected chi connectivity index (χ4v) is 2.95. The molecule has 0 aliphatic carbocycles. The van der Waals surface area contributed by atoms with Crippen LogP contribution in [0.15, 0.2) is 23.1 Å². The van der Waals surface area contributed by atoms with Crippen LogP contribution in [0.25, 0.3) is 0 Å². The third-order valence-corrected chi connectivity index (χ3v) is 4.77. The number of benzene rings is 1. The van der Waals surface area contributed by atoms with Gasteiger partial charge in [-0.2, -0.15) is 4.31 Å². The van der Waals surface area contributed by atoms with Crippen LogP contribution in [0.4, 0.5) is 5.69 Å². The molecule has 0 bridgehead atoms. The van der Waals surface area contributed by atoms with E-state index in [1.165, 1.54) is 10.4 Å². The second kappa shape index (κ2) is 4.43. The van der Waals surface area contributed by atoms with Gasteiger partial charge >= 0.3 is 0 Å². The Balaban J connectivity index is 3.32. The van der Waals surface area contributed by atoms with E-state index in [-0.39, 0.29) is 10.9 Å².